The molecule has 1 N–H and O–H groups in total. The van der Waals surface area contributed by atoms with E-state index in [0.717, 1.165) is 0 Å². The van der Waals surface area contributed by atoms with Gasteiger partial charge in [-0.15, -0.1) is 10.2 Å². The molecule has 0 aliphatic rings. The molecule has 0 aromatic carbocycles. The molecule has 2 aromatic rings. The maximum absolute atomic E-state index is 11.2. The van der Waals surface area contributed by atoms with Crippen molar-refractivity contribution in [3.05, 3.63) is 36.3 Å². The van der Waals surface area contributed by atoms with Crippen molar-refractivity contribution >= 4 is 11.8 Å². The van der Waals surface area contributed by atoms with E-state index >= 15 is 0 Å². The quantitative estimate of drug-likeness (QED) is 0.807. The normalized spacial score (nSPS) is 11.9. The summed E-state index contributed by atoms with van der Waals surface area (Å²) in [6.07, 6.45) is 3.63. The largest absolute Gasteiger partial charge is 0.464 e. The molecule has 0 bridgehead atoms. The molecule has 0 fully saturated rings. The molecule has 19 heavy (non-hydrogen) atoms. The molecule has 7 nitrogen and oxygen atoms in total. The Morgan fingerprint density at radius 2 is 2.32 bits per heavy atom. The van der Waals surface area contributed by atoms with Crippen LogP contribution >= 0.6 is 0 Å². The van der Waals surface area contributed by atoms with Crippen LogP contribution in [-0.4, -0.2) is 39.1 Å². The van der Waals surface area contributed by atoms with Crippen LogP contribution in [-0.2, 0) is 11.3 Å². The molecule has 0 spiro atoms. The second-order valence-corrected chi connectivity index (χ2v) is 4.07. The molecule has 0 aliphatic carbocycles. The predicted octanol–water partition coefficient (Wildman–Crippen LogP) is 0.960. The van der Waals surface area contributed by atoms with Crippen molar-refractivity contribution < 1.29 is 9.53 Å². The number of hydrogen-bond acceptors (Lipinski definition) is 6. The zero-order valence-electron chi connectivity index (χ0n) is 10.8. The minimum absolute atomic E-state index is 0.137. The first-order chi connectivity index (χ1) is 9.19. The Kier molecular flexibility index (Phi) is 4.07. The second-order valence-electron chi connectivity index (χ2n) is 4.07. The Balaban J connectivity index is 1.93. The van der Waals surface area contributed by atoms with Gasteiger partial charge >= 0.3 is 5.97 Å². The van der Waals surface area contributed by atoms with Crippen LogP contribution in [0.5, 0.6) is 0 Å². The maximum Gasteiger partial charge on any atom is 0.358 e. The van der Waals surface area contributed by atoms with Gasteiger partial charge in [0.15, 0.2) is 5.69 Å². The zero-order valence-corrected chi connectivity index (χ0v) is 10.8. The van der Waals surface area contributed by atoms with Crippen molar-refractivity contribution in [1.29, 1.82) is 0 Å². The van der Waals surface area contributed by atoms with Crippen LogP contribution in [0.4, 0.5) is 5.82 Å². The summed E-state index contributed by atoms with van der Waals surface area (Å²) in [4.78, 5) is 11.2. The number of carbonyl (C=O) groups is 1. The first kappa shape index (κ1) is 13.0. The number of nitrogens with zero attached hydrogens (tertiary/aromatic N) is 4. The van der Waals surface area contributed by atoms with Crippen LogP contribution < -0.4 is 5.32 Å². The van der Waals surface area contributed by atoms with E-state index in [0.29, 0.717) is 12.4 Å². The summed E-state index contributed by atoms with van der Waals surface area (Å²) >= 11 is 0. The van der Waals surface area contributed by atoms with E-state index in [1.807, 2.05) is 23.9 Å². The third kappa shape index (κ3) is 3.51. The number of methoxy groups -OCH3 is 1. The van der Waals surface area contributed by atoms with Crippen molar-refractivity contribution in [3.63, 3.8) is 0 Å². The molecule has 0 amide bonds. The van der Waals surface area contributed by atoms with Gasteiger partial charge in [0, 0.05) is 18.4 Å². The van der Waals surface area contributed by atoms with E-state index in [4.69, 9.17) is 0 Å². The van der Waals surface area contributed by atoms with Crippen molar-refractivity contribution in [2.24, 2.45) is 0 Å². The lowest BCUT2D eigenvalue weighted by molar-refractivity contribution is 0.0593. The highest BCUT2D eigenvalue weighted by Gasteiger charge is 2.09. The average Bonchev–Trinajstić information content (AvgIpc) is 2.91. The Hall–Kier alpha value is -2.44. The van der Waals surface area contributed by atoms with E-state index < -0.39 is 5.97 Å². The number of aromatic nitrogens is 4. The Labute approximate surface area is 110 Å². The molecule has 2 rings (SSSR count). The Bertz CT molecular complexity index is 524. The number of anilines is 1. The number of carbonyl (C=O) groups excluding carboxylic acids is 1. The maximum atomic E-state index is 11.2. The van der Waals surface area contributed by atoms with Crippen molar-refractivity contribution in [3.8, 4) is 0 Å². The Morgan fingerprint density at radius 1 is 1.47 bits per heavy atom. The van der Waals surface area contributed by atoms with Crippen LogP contribution in [0, 0.1) is 0 Å². The standard InChI is InChI=1S/C12H15N5O2/c1-9(8-17-7-3-6-13-17)14-11-5-4-10(15-16-11)12(18)19-2/h3-7,9H,8H2,1-2H3,(H,14,16). The lowest BCUT2D eigenvalue weighted by atomic mass is 10.3. The number of ether oxygens (including phenoxy) is 1. The van der Waals surface area contributed by atoms with E-state index in [1.165, 1.54) is 7.11 Å². The van der Waals surface area contributed by atoms with Gasteiger partial charge in [-0.3, -0.25) is 4.68 Å². The second kappa shape index (κ2) is 5.94. The SMILES string of the molecule is COC(=O)c1ccc(NC(C)Cn2cccn2)nn1. The van der Waals surface area contributed by atoms with Crippen LogP contribution in [0.2, 0.25) is 0 Å². The highest BCUT2D eigenvalue weighted by Crippen LogP contribution is 2.05. The van der Waals surface area contributed by atoms with E-state index in [2.05, 4.69) is 25.3 Å². The molecule has 0 radical (unpaired) electrons. The zero-order chi connectivity index (χ0) is 13.7. The fraction of sp³-hybridized carbons (Fsp3) is 0.333. The molecule has 2 heterocycles. The lowest BCUT2D eigenvalue weighted by Crippen LogP contribution is -2.23. The van der Waals surface area contributed by atoms with E-state index in [9.17, 15) is 4.79 Å². The van der Waals surface area contributed by atoms with Gasteiger partial charge in [-0.1, -0.05) is 0 Å². The van der Waals surface area contributed by atoms with Crippen LogP contribution in [0.25, 0.3) is 0 Å². The number of esters is 1. The first-order valence-corrected chi connectivity index (χ1v) is 5.85. The molecule has 1 atom stereocenters. The fourth-order valence-corrected chi connectivity index (χ4v) is 1.61. The molecule has 7 heteroatoms. The molecule has 1 unspecified atom stereocenters. The third-order valence-electron chi connectivity index (χ3n) is 2.47. The van der Waals surface area contributed by atoms with Crippen LogP contribution in [0.3, 0.4) is 0 Å². The average molecular weight is 261 g/mol. The summed E-state index contributed by atoms with van der Waals surface area (Å²) in [5.41, 5.74) is 0.188. The minimum Gasteiger partial charge on any atom is -0.464 e. The van der Waals surface area contributed by atoms with Crippen molar-refractivity contribution in [2.45, 2.75) is 19.5 Å². The monoisotopic (exact) mass is 261 g/mol. The fourth-order valence-electron chi connectivity index (χ4n) is 1.61. The Morgan fingerprint density at radius 3 is 2.89 bits per heavy atom. The van der Waals surface area contributed by atoms with Gasteiger partial charge in [-0.25, -0.2) is 4.79 Å². The van der Waals surface area contributed by atoms with Crippen LogP contribution in [0.1, 0.15) is 17.4 Å². The van der Waals surface area contributed by atoms with Gasteiger partial charge in [-0.05, 0) is 25.1 Å². The third-order valence-corrected chi connectivity index (χ3v) is 2.47. The van der Waals surface area contributed by atoms with Crippen molar-refractivity contribution in [2.75, 3.05) is 12.4 Å². The highest BCUT2D eigenvalue weighted by atomic mass is 16.5. The molecule has 0 saturated carbocycles. The summed E-state index contributed by atoms with van der Waals surface area (Å²) in [5, 5.41) is 15.0. The number of hydrogen-bond donors (Lipinski definition) is 1. The van der Waals surface area contributed by atoms with Gasteiger partial charge in [0.25, 0.3) is 0 Å². The van der Waals surface area contributed by atoms with Gasteiger partial charge in [-0.2, -0.15) is 5.10 Å². The van der Waals surface area contributed by atoms with E-state index in [1.54, 1.807) is 18.3 Å². The molecule has 100 valence electrons. The van der Waals surface area contributed by atoms with Crippen molar-refractivity contribution in [1.82, 2.24) is 20.0 Å². The van der Waals surface area contributed by atoms with Gasteiger partial charge in [0.05, 0.1) is 13.7 Å². The van der Waals surface area contributed by atoms with Crippen LogP contribution in [0.15, 0.2) is 30.6 Å². The molecular formula is C12H15N5O2. The first-order valence-electron chi connectivity index (χ1n) is 5.85. The smallest absolute Gasteiger partial charge is 0.358 e. The van der Waals surface area contributed by atoms with Gasteiger partial charge < -0.3 is 10.1 Å². The van der Waals surface area contributed by atoms with E-state index in [-0.39, 0.29) is 11.7 Å². The predicted molar refractivity (Wildman–Crippen MR) is 68.7 cm³/mol. The summed E-state index contributed by atoms with van der Waals surface area (Å²) in [5.74, 6) is 0.107. The summed E-state index contributed by atoms with van der Waals surface area (Å²) in [6, 6.07) is 5.27. The summed E-state index contributed by atoms with van der Waals surface area (Å²) in [7, 11) is 1.31. The minimum atomic E-state index is -0.497. The molecular weight excluding hydrogens is 246 g/mol. The number of rotatable bonds is 5. The number of nitrogens with one attached hydrogen (secondary N) is 1. The molecule has 0 aliphatic heterocycles. The molecule has 0 saturated heterocycles. The molecule has 2 aromatic heterocycles. The topological polar surface area (TPSA) is 81.9 Å². The summed E-state index contributed by atoms with van der Waals surface area (Å²) < 4.78 is 6.38. The lowest BCUT2D eigenvalue weighted by Gasteiger charge is -2.14. The highest BCUT2D eigenvalue weighted by molar-refractivity contribution is 5.86. The summed E-state index contributed by atoms with van der Waals surface area (Å²) in [6.45, 7) is 2.73. The van der Waals surface area contributed by atoms with Gasteiger partial charge in [0.2, 0.25) is 0 Å². The van der Waals surface area contributed by atoms with Gasteiger partial charge in [0.1, 0.15) is 5.82 Å².